The monoisotopic (exact) mass is 733 g/mol. The Morgan fingerprint density at radius 1 is 0.863 bits per heavy atom. The van der Waals surface area contributed by atoms with Crippen molar-refractivity contribution in [3.63, 3.8) is 0 Å². The van der Waals surface area contributed by atoms with Crippen molar-refractivity contribution in [2.24, 2.45) is 0 Å². The number of nitrogens with one attached hydrogen (secondary N) is 1. The average Bonchev–Trinajstić information content (AvgIpc) is 3.53. The smallest absolute Gasteiger partial charge is 0.330 e. The highest BCUT2D eigenvalue weighted by molar-refractivity contribution is 7.46. The van der Waals surface area contributed by atoms with Crippen molar-refractivity contribution in [2.75, 3.05) is 20.8 Å². The topological polar surface area (TPSA) is 150 Å². The molecular formula is C37H35ClN2O10P-. The molecule has 51 heavy (non-hydrogen) atoms. The van der Waals surface area contributed by atoms with E-state index in [0.29, 0.717) is 16.5 Å². The second kappa shape index (κ2) is 15.3. The molecule has 6 rings (SSSR count). The van der Waals surface area contributed by atoms with Crippen LogP contribution in [0.3, 0.4) is 0 Å². The first-order valence-corrected chi connectivity index (χ1v) is 17.8. The highest BCUT2D eigenvalue weighted by atomic mass is 35.5. The van der Waals surface area contributed by atoms with E-state index in [9.17, 15) is 19.0 Å². The first-order valence-electron chi connectivity index (χ1n) is 15.9. The van der Waals surface area contributed by atoms with Crippen LogP contribution in [-0.2, 0) is 24.2 Å². The van der Waals surface area contributed by atoms with Crippen molar-refractivity contribution >= 4 is 19.4 Å². The fourth-order valence-electron chi connectivity index (χ4n) is 6.03. The molecule has 1 N–H and O–H groups in total. The molecule has 0 amide bonds. The van der Waals surface area contributed by atoms with E-state index in [0.717, 1.165) is 16.7 Å². The number of methoxy groups -OCH3 is 2. The zero-order valence-electron chi connectivity index (χ0n) is 27.9. The van der Waals surface area contributed by atoms with Crippen LogP contribution in [0.2, 0.25) is 5.02 Å². The summed E-state index contributed by atoms with van der Waals surface area (Å²) in [5.74, 6) is 1.27. The van der Waals surface area contributed by atoms with Crippen LogP contribution in [0.1, 0.15) is 34.9 Å². The molecule has 1 aliphatic heterocycles. The molecule has 1 fully saturated rings. The fourth-order valence-corrected chi connectivity index (χ4v) is 7.13. The van der Waals surface area contributed by atoms with E-state index in [2.05, 4.69) is 4.98 Å². The van der Waals surface area contributed by atoms with Gasteiger partial charge in [0.2, 0.25) is 0 Å². The number of ether oxygens (including phenoxy) is 4. The molecule has 4 atom stereocenters. The zero-order chi connectivity index (χ0) is 36.2. The van der Waals surface area contributed by atoms with Gasteiger partial charge >= 0.3 is 13.5 Å². The van der Waals surface area contributed by atoms with E-state index in [1.807, 2.05) is 78.9 Å². The minimum atomic E-state index is -5.02. The summed E-state index contributed by atoms with van der Waals surface area (Å²) >= 11 is 5.96. The van der Waals surface area contributed by atoms with Crippen LogP contribution >= 0.6 is 19.4 Å². The number of phosphoric acid groups is 1. The van der Waals surface area contributed by atoms with Crippen molar-refractivity contribution < 1.29 is 37.5 Å². The molecule has 1 unspecified atom stereocenters. The Morgan fingerprint density at radius 2 is 1.41 bits per heavy atom. The number of hydrogen-bond donors (Lipinski definition) is 1. The van der Waals surface area contributed by atoms with Gasteiger partial charge < -0.3 is 32.9 Å². The first-order chi connectivity index (χ1) is 24.5. The number of aromatic amines is 1. The van der Waals surface area contributed by atoms with Gasteiger partial charge in [0, 0.05) is 23.2 Å². The Bertz CT molecular complexity index is 2060. The van der Waals surface area contributed by atoms with Crippen LogP contribution in [0.5, 0.6) is 17.2 Å². The van der Waals surface area contributed by atoms with E-state index in [1.165, 1.54) is 35.0 Å². The van der Waals surface area contributed by atoms with E-state index in [-0.39, 0.29) is 24.3 Å². The molecule has 0 spiro atoms. The molecule has 14 heteroatoms. The minimum Gasteiger partial charge on any atom is -0.746 e. The van der Waals surface area contributed by atoms with Crippen LogP contribution in [0.4, 0.5) is 0 Å². The van der Waals surface area contributed by atoms with Crippen LogP contribution in [0, 0.1) is 6.92 Å². The Kier molecular flexibility index (Phi) is 10.8. The molecule has 4 aromatic carbocycles. The maximum absolute atomic E-state index is 13.3. The van der Waals surface area contributed by atoms with E-state index in [1.54, 1.807) is 21.1 Å². The van der Waals surface area contributed by atoms with Crippen molar-refractivity contribution in [1.82, 2.24) is 9.55 Å². The maximum atomic E-state index is 13.3. The molecule has 5 aromatic rings. The van der Waals surface area contributed by atoms with E-state index >= 15 is 0 Å². The minimum absolute atomic E-state index is 0.00409. The molecule has 2 heterocycles. The summed E-state index contributed by atoms with van der Waals surface area (Å²) in [7, 11) is -1.87. The van der Waals surface area contributed by atoms with Gasteiger partial charge in [-0.3, -0.25) is 18.9 Å². The molecule has 1 saturated heterocycles. The lowest BCUT2D eigenvalue weighted by Crippen LogP contribution is -2.39. The molecule has 0 radical (unpaired) electrons. The van der Waals surface area contributed by atoms with Gasteiger partial charge in [-0.15, -0.1) is 0 Å². The van der Waals surface area contributed by atoms with E-state index in [4.69, 9.17) is 39.6 Å². The Hall–Kier alpha value is -4.68. The summed E-state index contributed by atoms with van der Waals surface area (Å²) in [6.07, 6.45) is -1.99. The number of hydrogen-bond acceptors (Lipinski definition) is 10. The molecule has 0 bridgehead atoms. The van der Waals surface area contributed by atoms with Crippen molar-refractivity contribution in [3.05, 3.63) is 157 Å². The Labute approximate surface area is 298 Å². The second-order valence-electron chi connectivity index (χ2n) is 11.8. The summed E-state index contributed by atoms with van der Waals surface area (Å²) < 4.78 is 49.6. The second-order valence-corrected chi connectivity index (χ2v) is 13.5. The number of aryl methyl sites for hydroxylation is 1. The highest BCUT2D eigenvalue weighted by Gasteiger charge is 2.44. The number of halogens is 1. The fraction of sp³-hybridized carbons (Fsp3) is 0.243. The van der Waals surface area contributed by atoms with Crippen LogP contribution in [0.25, 0.3) is 0 Å². The first kappa shape index (κ1) is 36.1. The predicted octanol–water partition coefficient (Wildman–Crippen LogP) is 5.74. The Balaban J connectivity index is 1.40. The summed E-state index contributed by atoms with van der Waals surface area (Å²) in [5.41, 5.74) is -0.0429. The quantitative estimate of drug-likeness (QED) is 0.117. The molecule has 266 valence electrons. The third kappa shape index (κ3) is 7.97. The zero-order valence-corrected chi connectivity index (χ0v) is 29.5. The summed E-state index contributed by atoms with van der Waals surface area (Å²) in [4.78, 5) is 40.6. The van der Waals surface area contributed by atoms with Crippen molar-refractivity contribution in [1.29, 1.82) is 0 Å². The molecule has 1 aromatic heterocycles. The molecule has 0 saturated carbocycles. The number of aromatic nitrogens is 2. The number of rotatable bonds is 13. The SMILES string of the molecule is COc1ccc(C(OC[C@H]2O[C@@H](n3cc(C)c(=O)[nH]c3=O)C[C@@H]2OP(=O)([O-])Oc2ccc(Cl)cc2)(c2ccccc2)c2ccc(OC)cc2)cc1. The average molecular weight is 734 g/mol. The van der Waals surface area contributed by atoms with Crippen LogP contribution in [-0.4, -0.2) is 42.6 Å². The van der Waals surface area contributed by atoms with Crippen LogP contribution in [0.15, 0.2) is 119 Å². The summed E-state index contributed by atoms with van der Waals surface area (Å²) in [5, 5.41) is 0.394. The number of benzene rings is 4. The number of nitrogens with zero attached hydrogens (tertiary/aromatic N) is 1. The lowest BCUT2D eigenvalue weighted by molar-refractivity contribution is -0.223. The number of H-pyrrole nitrogens is 1. The van der Waals surface area contributed by atoms with Gasteiger partial charge in [-0.1, -0.05) is 66.2 Å². The molecular weight excluding hydrogens is 699 g/mol. The normalized spacial score (nSPS) is 18.6. The standard InChI is InChI=1S/C37H36ClN2O10P/c1-24-22-40(36(42)39-35(24)41)34-21-32(50-51(43,44)49-31-19-13-28(38)14-20-31)33(48-34)23-47-37(25-7-5-4-6-8-25,26-9-15-29(45-2)16-10-26)27-11-17-30(46-3)18-12-27/h4-20,22,32-34H,21,23H2,1-3H3,(H,43,44)(H,39,41,42)/p-1/t32-,33+,34+/m0/s1. The van der Waals surface area contributed by atoms with E-state index < -0.39 is 43.1 Å². The third-order valence-electron chi connectivity index (χ3n) is 8.57. The van der Waals surface area contributed by atoms with Crippen LogP contribution < -0.4 is 30.1 Å². The van der Waals surface area contributed by atoms with Gasteiger partial charge in [0.25, 0.3) is 5.56 Å². The molecule has 12 nitrogen and oxygen atoms in total. The third-order valence-corrected chi connectivity index (χ3v) is 9.78. The van der Waals surface area contributed by atoms with Gasteiger partial charge in [-0.05, 0) is 72.1 Å². The van der Waals surface area contributed by atoms with Crippen molar-refractivity contribution in [2.45, 2.75) is 37.4 Å². The lowest BCUT2D eigenvalue weighted by atomic mass is 9.80. The van der Waals surface area contributed by atoms with Gasteiger partial charge in [0.15, 0.2) is 0 Å². The lowest BCUT2D eigenvalue weighted by Gasteiger charge is -2.37. The van der Waals surface area contributed by atoms with Gasteiger partial charge in [-0.2, -0.15) is 0 Å². The molecule has 1 aliphatic rings. The highest BCUT2D eigenvalue weighted by Crippen LogP contribution is 2.47. The van der Waals surface area contributed by atoms with Gasteiger partial charge in [0.1, 0.15) is 35.2 Å². The maximum Gasteiger partial charge on any atom is 0.330 e. The molecule has 0 aliphatic carbocycles. The Morgan fingerprint density at radius 3 is 1.98 bits per heavy atom. The number of phosphoric ester groups is 1. The largest absolute Gasteiger partial charge is 0.746 e. The predicted molar refractivity (Wildman–Crippen MR) is 187 cm³/mol. The van der Waals surface area contributed by atoms with Gasteiger partial charge in [-0.25, -0.2) is 4.79 Å². The van der Waals surface area contributed by atoms with Crippen molar-refractivity contribution in [3.8, 4) is 17.2 Å². The van der Waals surface area contributed by atoms with Gasteiger partial charge in [0.05, 0.1) is 26.9 Å². The summed E-state index contributed by atoms with van der Waals surface area (Å²) in [6, 6.07) is 30.1. The summed E-state index contributed by atoms with van der Waals surface area (Å²) in [6.45, 7) is 1.33.